The van der Waals surface area contributed by atoms with Gasteiger partial charge in [0.15, 0.2) is 5.16 Å². The summed E-state index contributed by atoms with van der Waals surface area (Å²) in [6.45, 7) is 2.67. The van der Waals surface area contributed by atoms with Crippen molar-refractivity contribution in [3.8, 4) is 11.4 Å². The summed E-state index contributed by atoms with van der Waals surface area (Å²) < 4.78 is 7.19. The van der Waals surface area contributed by atoms with Crippen LogP contribution in [0.1, 0.15) is 17.8 Å². The molecule has 0 saturated carbocycles. The molecule has 0 saturated heterocycles. The summed E-state index contributed by atoms with van der Waals surface area (Å²) in [4.78, 5) is 14.8. The molecule has 3 aromatic rings. The minimum atomic E-state index is 0.0964. The number of rotatable bonds is 5. The SMILES string of the molecule is COc1ccc(-n2c(C)nnc2SCC(=O)N2CCCc3ccccc32)cc1. The third-order valence-corrected chi connectivity index (χ3v) is 5.78. The lowest BCUT2D eigenvalue weighted by Crippen LogP contribution is -2.36. The predicted molar refractivity (Wildman–Crippen MR) is 110 cm³/mol. The van der Waals surface area contributed by atoms with Gasteiger partial charge in [-0.3, -0.25) is 9.36 Å². The van der Waals surface area contributed by atoms with Gasteiger partial charge in [0.25, 0.3) is 0 Å². The van der Waals surface area contributed by atoms with E-state index < -0.39 is 0 Å². The zero-order valence-corrected chi connectivity index (χ0v) is 16.8. The van der Waals surface area contributed by atoms with Crippen molar-refractivity contribution in [2.75, 3.05) is 24.3 Å². The fourth-order valence-corrected chi connectivity index (χ4v) is 4.34. The number of anilines is 1. The summed E-state index contributed by atoms with van der Waals surface area (Å²) >= 11 is 1.42. The average molecular weight is 395 g/mol. The molecule has 1 aliphatic heterocycles. The van der Waals surface area contributed by atoms with Crippen LogP contribution in [0.3, 0.4) is 0 Å². The molecule has 2 heterocycles. The lowest BCUT2D eigenvalue weighted by atomic mass is 10.0. The van der Waals surface area contributed by atoms with Gasteiger partial charge in [0.05, 0.1) is 12.9 Å². The van der Waals surface area contributed by atoms with Crippen LogP contribution < -0.4 is 9.64 Å². The second-order valence-electron chi connectivity index (χ2n) is 6.63. The van der Waals surface area contributed by atoms with Gasteiger partial charge in [0, 0.05) is 17.9 Å². The Hall–Kier alpha value is -2.80. The zero-order valence-electron chi connectivity index (χ0n) is 16.0. The van der Waals surface area contributed by atoms with Crippen molar-refractivity contribution in [2.45, 2.75) is 24.9 Å². The van der Waals surface area contributed by atoms with Crippen LogP contribution in [-0.4, -0.2) is 40.1 Å². The minimum absolute atomic E-state index is 0.0964. The van der Waals surface area contributed by atoms with Gasteiger partial charge < -0.3 is 9.64 Å². The van der Waals surface area contributed by atoms with Crippen LogP contribution in [0.5, 0.6) is 5.75 Å². The Bertz CT molecular complexity index is 984. The maximum Gasteiger partial charge on any atom is 0.237 e. The van der Waals surface area contributed by atoms with Gasteiger partial charge in [-0.1, -0.05) is 30.0 Å². The number of amides is 1. The topological polar surface area (TPSA) is 60.2 Å². The molecular weight excluding hydrogens is 372 g/mol. The number of hydrogen-bond donors (Lipinski definition) is 0. The molecule has 0 fully saturated rings. The highest BCUT2D eigenvalue weighted by molar-refractivity contribution is 7.99. The summed E-state index contributed by atoms with van der Waals surface area (Å²) in [5.41, 5.74) is 3.22. The first-order valence-electron chi connectivity index (χ1n) is 9.25. The second-order valence-corrected chi connectivity index (χ2v) is 7.57. The highest BCUT2D eigenvalue weighted by atomic mass is 32.2. The number of para-hydroxylation sites is 1. The molecule has 0 atom stereocenters. The van der Waals surface area contributed by atoms with Crippen molar-refractivity contribution in [1.29, 1.82) is 0 Å². The van der Waals surface area contributed by atoms with Gasteiger partial charge in [-0.2, -0.15) is 0 Å². The van der Waals surface area contributed by atoms with Crippen LogP contribution in [0.4, 0.5) is 5.69 Å². The van der Waals surface area contributed by atoms with Crippen LogP contribution in [0.2, 0.25) is 0 Å². The predicted octanol–water partition coefficient (Wildman–Crippen LogP) is 3.66. The van der Waals surface area contributed by atoms with Gasteiger partial charge in [0.1, 0.15) is 11.6 Å². The molecule has 0 N–H and O–H groups in total. The first-order valence-corrected chi connectivity index (χ1v) is 10.2. The van der Waals surface area contributed by atoms with E-state index in [-0.39, 0.29) is 5.91 Å². The molecule has 0 bridgehead atoms. The first kappa shape index (κ1) is 18.6. The molecule has 144 valence electrons. The van der Waals surface area contributed by atoms with Crippen LogP contribution in [0, 0.1) is 6.92 Å². The van der Waals surface area contributed by atoms with E-state index >= 15 is 0 Å². The molecular formula is C21H22N4O2S. The van der Waals surface area contributed by atoms with Crippen LogP contribution >= 0.6 is 11.8 Å². The molecule has 1 aromatic heterocycles. The van der Waals surface area contributed by atoms with Gasteiger partial charge >= 0.3 is 0 Å². The Labute approximate surface area is 168 Å². The number of ether oxygens (including phenoxy) is 1. The van der Waals surface area contributed by atoms with E-state index in [4.69, 9.17) is 4.74 Å². The van der Waals surface area contributed by atoms with E-state index in [9.17, 15) is 4.79 Å². The highest BCUT2D eigenvalue weighted by Crippen LogP contribution is 2.29. The fourth-order valence-electron chi connectivity index (χ4n) is 3.46. The van der Waals surface area contributed by atoms with Gasteiger partial charge in [-0.25, -0.2) is 0 Å². The molecule has 1 aliphatic rings. The minimum Gasteiger partial charge on any atom is -0.497 e. The van der Waals surface area contributed by atoms with E-state index in [1.807, 2.05) is 58.9 Å². The average Bonchev–Trinajstić information content (AvgIpc) is 3.12. The Morgan fingerprint density at radius 2 is 1.93 bits per heavy atom. The summed E-state index contributed by atoms with van der Waals surface area (Å²) in [5, 5.41) is 9.18. The summed E-state index contributed by atoms with van der Waals surface area (Å²) in [5.74, 6) is 1.99. The number of methoxy groups -OCH3 is 1. The van der Waals surface area contributed by atoms with Gasteiger partial charge in [-0.15, -0.1) is 10.2 Å². The first-order chi connectivity index (χ1) is 13.7. The molecule has 4 rings (SSSR count). The molecule has 7 heteroatoms. The number of hydrogen-bond acceptors (Lipinski definition) is 5. The molecule has 0 radical (unpaired) electrons. The number of fused-ring (bicyclic) bond motifs is 1. The lowest BCUT2D eigenvalue weighted by Gasteiger charge is -2.29. The fraction of sp³-hybridized carbons (Fsp3) is 0.286. The molecule has 0 unspecified atom stereocenters. The third-order valence-electron chi connectivity index (χ3n) is 4.86. The standard InChI is InChI=1S/C21H22N4O2S/c1-15-22-23-21(25(15)17-9-11-18(27-2)12-10-17)28-14-20(26)24-13-5-7-16-6-3-4-8-19(16)24/h3-4,6,8-12H,5,7,13-14H2,1-2H3. The number of aromatic nitrogens is 3. The Morgan fingerprint density at radius 3 is 2.71 bits per heavy atom. The van der Waals surface area contributed by atoms with Crippen molar-refractivity contribution in [2.24, 2.45) is 0 Å². The molecule has 0 aliphatic carbocycles. The maximum atomic E-state index is 12.9. The number of nitrogens with zero attached hydrogens (tertiary/aromatic N) is 4. The van der Waals surface area contributed by atoms with Gasteiger partial charge in [0.2, 0.25) is 5.91 Å². The Balaban J connectivity index is 1.51. The van der Waals surface area contributed by atoms with Crippen molar-refractivity contribution >= 4 is 23.4 Å². The smallest absolute Gasteiger partial charge is 0.237 e. The number of benzene rings is 2. The maximum absolute atomic E-state index is 12.9. The highest BCUT2D eigenvalue weighted by Gasteiger charge is 2.23. The molecule has 2 aromatic carbocycles. The van der Waals surface area contributed by atoms with Crippen molar-refractivity contribution in [3.63, 3.8) is 0 Å². The van der Waals surface area contributed by atoms with Crippen molar-refractivity contribution < 1.29 is 9.53 Å². The quantitative estimate of drug-likeness (QED) is 0.618. The largest absolute Gasteiger partial charge is 0.497 e. The molecule has 1 amide bonds. The van der Waals surface area contributed by atoms with E-state index in [0.717, 1.165) is 42.3 Å². The molecule has 28 heavy (non-hydrogen) atoms. The Morgan fingerprint density at radius 1 is 1.14 bits per heavy atom. The lowest BCUT2D eigenvalue weighted by molar-refractivity contribution is -0.116. The van der Waals surface area contributed by atoms with Crippen LogP contribution in [-0.2, 0) is 11.2 Å². The van der Waals surface area contributed by atoms with E-state index in [1.54, 1.807) is 7.11 Å². The van der Waals surface area contributed by atoms with Gasteiger partial charge in [-0.05, 0) is 55.7 Å². The van der Waals surface area contributed by atoms with Crippen LogP contribution in [0.15, 0.2) is 53.7 Å². The third kappa shape index (κ3) is 3.62. The van der Waals surface area contributed by atoms with E-state index in [2.05, 4.69) is 16.3 Å². The molecule has 0 spiro atoms. The van der Waals surface area contributed by atoms with Crippen LogP contribution in [0.25, 0.3) is 5.69 Å². The summed E-state index contributed by atoms with van der Waals surface area (Å²) in [6, 6.07) is 15.9. The normalized spacial score (nSPS) is 13.3. The number of carbonyl (C=O) groups is 1. The van der Waals surface area contributed by atoms with Crippen molar-refractivity contribution in [3.05, 3.63) is 59.9 Å². The number of thioether (sulfide) groups is 1. The summed E-state index contributed by atoms with van der Waals surface area (Å²) in [7, 11) is 1.64. The molecule has 6 nitrogen and oxygen atoms in total. The monoisotopic (exact) mass is 394 g/mol. The number of aryl methyl sites for hydroxylation is 2. The van der Waals surface area contributed by atoms with E-state index in [1.165, 1.54) is 17.3 Å². The Kier molecular flexibility index (Phi) is 5.34. The van der Waals surface area contributed by atoms with E-state index in [0.29, 0.717) is 10.9 Å². The second kappa shape index (κ2) is 8.06. The summed E-state index contributed by atoms with van der Waals surface area (Å²) in [6.07, 6.45) is 2.02. The zero-order chi connectivity index (χ0) is 19.5. The number of carbonyl (C=O) groups excluding carboxylic acids is 1. The van der Waals surface area contributed by atoms with Crippen molar-refractivity contribution in [1.82, 2.24) is 14.8 Å².